The summed E-state index contributed by atoms with van der Waals surface area (Å²) in [5.41, 5.74) is 1.29. The number of ether oxygens (including phenoxy) is 1. The Morgan fingerprint density at radius 2 is 1.97 bits per heavy atom. The van der Waals surface area contributed by atoms with E-state index in [0.29, 0.717) is 37.5 Å². The highest BCUT2D eigenvalue weighted by Gasteiger charge is 2.30. The molecule has 1 aliphatic carbocycles. The summed E-state index contributed by atoms with van der Waals surface area (Å²) in [4.78, 5) is 33.4. The summed E-state index contributed by atoms with van der Waals surface area (Å²) in [7, 11) is 0. The predicted molar refractivity (Wildman–Crippen MR) is 128 cm³/mol. The van der Waals surface area contributed by atoms with Crippen molar-refractivity contribution in [2.75, 3.05) is 31.6 Å². The van der Waals surface area contributed by atoms with Crippen LogP contribution in [0.3, 0.4) is 0 Å². The van der Waals surface area contributed by atoms with Crippen molar-refractivity contribution in [1.82, 2.24) is 14.8 Å². The summed E-state index contributed by atoms with van der Waals surface area (Å²) in [5.74, 6) is 1.50. The third-order valence-electron chi connectivity index (χ3n) is 6.69. The van der Waals surface area contributed by atoms with Crippen molar-refractivity contribution < 1.29 is 14.3 Å². The van der Waals surface area contributed by atoms with Gasteiger partial charge >= 0.3 is 6.03 Å². The molecule has 3 amide bonds. The molecule has 1 atom stereocenters. The van der Waals surface area contributed by atoms with Gasteiger partial charge < -0.3 is 19.9 Å². The van der Waals surface area contributed by atoms with Crippen LogP contribution in [0.4, 0.5) is 10.5 Å². The van der Waals surface area contributed by atoms with Crippen LogP contribution in [-0.2, 0) is 0 Å². The van der Waals surface area contributed by atoms with E-state index in [1.165, 1.54) is 32.1 Å². The number of aromatic nitrogens is 1. The van der Waals surface area contributed by atoms with Crippen LogP contribution in [0, 0.1) is 5.92 Å². The SMILES string of the molecule is CC1CN(C(=O)Nc2cccnc2)CCN1C(=O)c1cccc(OCCC2CCCCC2)c1. The highest BCUT2D eigenvalue weighted by molar-refractivity contribution is 5.95. The van der Waals surface area contributed by atoms with Crippen LogP contribution in [0.15, 0.2) is 48.8 Å². The third-order valence-corrected chi connectivity index (χ3v) is 6.69. The lowest BCUT2D eigenvalue weighted by Crippen LogP contribution is -2.56. The van der Waals surface area contributed by atoms with E-state index >= 15 is 0 Å². The van der Waals surface area contributed by atoms with Gasteiger partial charge in [0.15, 0.2) is 0 Å². The Morgan fingerprint density at radius 3 is 2.73 bits per heavy atom. The normalized spacial score (nSPS) is 19.2. The molecule has 2 fully saturated rings. The number of benzene rings is 1. The predicted octanol–water partition coefficient (Wildman–Crippen LogP) is 4.81. The second kappa shape index (κ2) is 11.2. The molecular formula is C26H34N4O3. The monoisotopic (exact) mass is 450 g/mol. The van der Waals surface area contributed by atoms with Crippen molar-refractivity contribution in [3.63, 3.8) is 0 Å². The van der Waals surface area contributed by atoms with Crippen molar-refractivity contribution >= 4 is 17.6 Å². The van der Waals surface area contributed by atoms with E-state index in [-0.39, 0.29) is 18.0 Å². The van der Waals surface area contributed by atoms with Gasteiger partial charge in [0, 0.05) is 37.4 Å². The number of hydrogen-bond acceptors (Lipinski definition) is 4. The highest BCUT2D eigenvalue weighted by Crippen LogP contribution is 2.26. The number of nitrogens with zero attached hydrogens (tertiary/aromatic N) is 3. The van der Waals surface area contributed by atoms with E-state index in [9.17, 15) is 9.59 Å². The van der Waals surface area contributed by atoms with Gasteiger partial charge in [-0.25, -0.2) is 4.79 Å². The van der Waals surface area contributed by atoms with Gasteiger partial charge in [-0.3, -0.25) is 9.78 Å². The maximum atomic E-state index is 13.2. The Labute approximate surface area is 196 Å². The van der Waals surface area contributed by atoms with Crippen LogP contribution in [0.25, 0.3) is 0 Å². The number of hydrogen-bond donors (Lipinski definition) is 1. The number of carbonyl (C=O) groups excluding carboxylic acids is 2. The second-order valence-electron chi connectivity index (χ2n) is 9.13. The lowest BCUT2D eigenvalue weighted by atomic mass is 9.87. The van der Waals surface area contributed by atoms with E-state index in [2.05, 4.69) is 10.3 Å². The number of urea groups is 1. The molecule has 2 heterocycles. The summed E-state index contributed by atoms with van der Waals surface area (Å²) in [6.07, 6.45) is 11.0. The fourth-order valence-corrected chi connectivity index (χ4v) is 4.79. The van der Waals surface area contributed by atoms with Crippen molar-refractivity contribution in [3.05, 3.63) is 54.4 Å². The zero-order valence-electron chi connectivity index (χ0n) is 19.4. The summed E-state index contributed by atoms with van der Waals surface area (Å²) in [6, 6.07) is 10.8. The minimum atomic E-state index is -0.171. The summed E-state index contributed by atoms with van der Waals surface area (Å²) < 4.78 is 5.98. The first-order valence-electron chi connectivity index (χ1n) is 12.1. The van der Waals surface area contributed by atoms with Crippen molar-refractivity contribution in [2.24, 2.45) is 5.92 Å². The van der Waals surface area contributed by atoms with E-state index in [1.54, 1.807) is 29.4 Å². The molecule has 2 aliphatic rings. The van der Waals surface area contributed by atoms with Gasteiger partial charge in [0.25, 0.3) is 5.91 Å². The van der Waals surface area contributed by atoms with Crippen LogP contribution >= 0.6 is 0 Å². The number of amides is 3. The van der Waals surface area contributed by atoms with Gasteiger partial charge in [0.2, 0.25) is 0 Å². The Balaban J connectivity index is 1.29. The van der Waals surface area contributed by atoms with E-state index in [4.69, 9.17) is 4.74 Å². The van der Waals surface area contributed by atoms with Crippen LogP contribution in [0.5, 0.6) is 5.75 Å². The fourth-order valence-electron chi connectivity index (χ4n) is 4.79. The number of nitrogens with one attached hydrogen (secondary N) is 1. The van der Waals surface area contributed by atoms with E-state index in [1.807, 2.05) is 36.1 Å². The zero-order valence-corrected chi connectivity index (χ0v) is 19.4. The summed E-state index contributed by atoms with van der Waals surface area (Å²) in [6.45, 7) is 4.14. The summed E-state index contributed by atoms with van der Waals surface area (Å²) in [5, 5.41) is 2.86. The molecule has 176 valence electrons. The number of piperazine rings is 1. The first-order valence-corrected chi connectivity index (χ1v) is 12.1. The minimum Gasteiger partial charge on any atom is -0.494 e. The Kier molecular flexibility index (Phi) is 7.81. The molecule has 1 aromatic heterocycles. The number of pyridine rings is 1. The average Bonchev–Trinajstić information content (AvgIpc) is 2.85. The zero-order chi connectivity index (χ0) is 23.0. The van der Waals surface area contributed by atoms with E-state index in [0.717, 1.165) is 18.1 Å². The lowest BCUT2D eigenvalue weighted by Gasteiger charge is -2.39. The molecule has 1 aliphatic heterocycles. The third kappa shape index (κ3) is 6.24. The first kappa shape index (κ1) is 23.1. The lowest BCUT2D eigenvalue weighted by molar-refractivity contribution is 0.0549. The topological polar surface area (TPSA) is 74.8 Å². The first-order chi connectivity index (χ1) is 16.1. The van der Waals surface area contributed by atoms with Gasteiger partial charge in [-0.15, -0.1) is 0 Å². The van der Waals surface area contributed by atoms with Gasteiger partial charge in [-0.1, -0.05) is 38.2 Å². The number of carbonyl (C=O) groups is 2. The molecule has 1 unspecified atom stereocenters. The minimum absolute atomic E-state index is 0.0208. The van der Waals surface area contributed by atoms with Gasteiger partial charge in [0.05, 0.1) is 18.5 Å². The molecule has 7 heteroatoms. The smallest absolute Gasteiger partial charge is 0.322 e. The molecule has 0 radical (unpaired) electrons. The van der Waals surface area contributed by atoms with Gasteiger partial charge in [-0.05, 0) is 49.6 Å². The molecular weight excluding hydrogens is 416 g/mol. The van der Waals surface area contributed by atoms with Crippen molar-refractivity contribution in [1.29, 1.82) is 0 Å². The molecule has 33 heavy (non-hydrogen) atoms. The van der Waals surface area contributed by atoms with Crippen molar-refractivity contribution in [2.45, 2.75) is 51.5 Å². The van der Waals surface area contributed by atoms with Gasteiger partial charge in [-0.2, -0.15) is 0 Å². The number of anilines is 1. The molecule has 4 rings (SSSR count). The highest BCUT2D eigenvalue weighted by atomic mass is 16.5. The van der Waals surface area contributed by atoms with Crippen LogP contribution in [0.2, 0.25) is 0 Å². The molecule has 0 spiro atoms. The second-order valence-corrected chi connectivity index (χ2v) is 9.13. The quantitative estimate of drug-likeness (QED) is 0.685. The maximum absolute atomic E-state index is 13.2. The number of rotatable bonds is 6. The average molecular weight is 451 g/mol. The Morgan fingerprint density at radius 1 is 1.12 bits per heavy atom. The Hall–Kier alpha value is -3.09. The molecule has 1 N–H and O–H groups in total. The molecule has 2 aromatic rings. The largest absolute Gasteiger partial charge is 0.494 e. The molecule has 1 saturated carbocycles. The van der Waals surface area contributed by atoms with Gasteiger partial charge in [0.1, 0.15) is 5.75 Å². The molecule has 7 nitrogen and oxygen atoms in total. The van der Waals surface area contributed by atoms with Crippen LogP contribution in [-0.4, -0.2) is 59.0 Å². The molecule has 0 bridgehead atoms. The molecule has 1 aromatic carbocycles. The fraction of sp³-hybridized carbons (Fsp3) is 0.500. The van der Waals surface area contributed by atoms with Crippen molar-refractivity contribution in [3.8, 4) is 5.75 Å². The maximum Gasteiger partial charge on any atom is 0.322 e. The van der Waals surface area contributed by atoms with E-state index < -0.39 is 0 Å². The summed E-state index contributed by atoms with van der Waals surface area (Å²) >= 11 is 0. The van der Waals surface area contributed by atoms with Crippen LogP contribution < -0.4 is 10.1 Å². The Bertz CT molecular complexity index is 930. The molecule has 1 saturated heterocycles. The van der Waals surface area contributed by atoms with Crippen LogP contribution in [0.1, 0.15) is 55.8 Å². The standard InChI is InChI=1S/C26H34N4O3/c1-20-19-29(26(32)28-23-10-6-13-27-18-23)14-15-30(20)25(31)22-9-5-11-24(17-22)33-16-12-21-7-3-2-4-8-21/h5-6,9-11,13,17-18,20-21H,2-4,7-8,12,14-16,19H2,1H3,(H,28,32).